The van der Waals surface area contributed by atoms with Crippen molar-refractivity contribution in [2.75, 3.05) is 46.9 Å². The van der Waals surface area contributed by atoms with Gasteiger partial charge < -0.3 is 25.5 Å². The normalized spacial score (nSPS) is 21.4. The van der Waals surface area contributed by atoms with Crippen LogP contribution in [-0.4, -0.2) is 137 Å². The molecular formula is C26H41F3N6O7. The van der Waals surface area contributed by atoms with Gasteiger partial charge in [0.15, 0.2) is 0 Å². The number of amides is 4. The standard InChI is InChI=1S/C26H41F3N6O7/c1-14(2)20(22(39)26(27,28)29)31-23(40)16-8-7-9-35(16)25(42)21(15(3)4)30-18(36)11-33-10-17(24(41)32(5)6)34(13-33)12-19(37)38/h14-17,20-21H,7-13H2,1-6H3,(H,30,36)(H,31,40)(H,37,38)/t16-,17?,20-,21-/m0/s1. The van der Waals surface area contributed by atoms with E-state index >= 15 is 0 Å². The molecular weight excluding hydrogens is 565 g/mol. The van der Waals surface area contributed by atoms with Gasteiger partial charge in [-0.2, -0.15) is 13.2 Å². The van der Waals surface area contributed by atoms with Crippen LogP contribution in [0, 0.1) is 11.8 Å². The molecule has 0 aromatic rings. The van der Waals surface area contributed by atoms with E-state index in [2.05, 4.69) is 10.6 Å². The van der Waals surface area contributed by atoms with E-state index in [4.69, 9.17) is 0 Å². The predicted octanol–water partition coefficient (Wildman–Crippen LogP) is -0.493. The van der Waals surface area contributed by atoms with Crippen molar-refractivity contribution in [2.45, 2.75) is 70.9 Å². The molecule has 2 rings (SSSR count). The number of hydrogen-bond acceptors (Lipinski definition) is 8. The summed E-state index contributed by atoms with van der Waals surface area (Å²) in [4.78, 5) is 80.8. The lowest BCUT2D eigenvalue weighted by molar-refractivity contribution is -0.175. The number of carbonyl (C=O) groups is 6. The van der Waals surface area contributed by atoms with Crippen LogP contribution in [0.5, 0.6) is 0 Å². The molecule has 13 nitrogen and oxygen atoms in total. The number of halogens is 3. The third-order valence-electron chi connectivity index (χ3n) is 7.30. The summed E-state index contributed by atoms with van der Waals surface area (Å²) in [6.45, 7) is 5.74. The molecule has 0 aliphatic carbocycles. The molecule has 0 aromatic heterocycles. The summed E-state index contributed by atoms with van der Waals surface area (Å²) in [5, 5.41) is 14.1. The van der Waals surface area contributed by atoms with E-state index in [0.29, 0.717) is 6.42 Å². The van der Waals surface area contributed by atoms with Crippen molar-refractivity contribution >= 4 is 35.4 Å². The molecule has 2 fully saturated rings. The first-order chi connectivity index (χ1) is 19.3. The number of likely N-dealkylation sites (tertiary alicyclic amines) is 1. The molecule has 2 saturated heterocycles. The smallest absolute Gasteiger partial charge is 0.452 e. The Bertz CT molecular complexity index is 1050. The van der Waals surface area contributed by atoms with Crippen LogP contribution in [-0.2, 0) is 28.8 Å². The van der Waals surface area contributed by atoms with Gasteiger partial charge in [-0.05, 0) is 24.7 Å². The molecule has 2 heterocycles. The maximum Gasteiger partial charge on any atom is 0.452 e. The Morgan fingerprint density at radius 1 is 0.929 bits per heavy atom. The number of ketones is 1. The first kappa shape index (κ1) is 34.9. The second kappa shape index (κ2) is 14.3. The van der Waals surface area contributed by atoms with E-state index in [0.717, 1.165) is 0 Å². The van der Waals surface area contributed by atoms with Crippen LogP contribution < -0.4 is 10.6 Å². The first-order valence-electron chi connectivity index (χ1n) is 13.8. The topological polar surface area (TPSA) is 160 Å². The number of carbonyl (C=O) groups excluding carboxylic acids is 5. The number of hydrogen-bond donors (Lipinski definition) is 3. The lowest BCUT2D eigenvalue weighted by atomic mass is 9.98. The highest BCUT2D eigenvalue weighted by molar-refractivity contribution is 5.96. The quantitative estimate of drug-likeness (QED) is 0.266. The van der Waals surface area contributed by atoms with Crippen molar-refractivity contribution < 1.29 is 47.0 Å². The molecule has 16 heteroatoms. The predicted molar refractivity (Wildman–Crippen MR) is 143 cm³/mol. The third kappa shape index (κ3) is 8.86. The molecule has 4 atom stereocenters. The van der Waals surface area contributed by atoms with Crippen LogP contribution in [0.3, 0.4) is 0 Å². The average molecular weight is 607 g/mol. The number of nitrogens with zero attached hydrogens (tertiary/aromatic N) is 4. The van der Waals surface area contributed by atoms with Gasteiger partial charge in [0, 0.05) is 27.2 Å². The van der Waals surface area contributed by atoms with Crippen molar-refractivity contribution in [1.29, 1.82) is 0 Å². The minimum atomic E-state index is -5.14. The summed E-state index contributed by atoms with van der Waals surface area (Å²) in [5.74, 6) is -6.82. The van der Waals surface area contributed by atoms with Crippen molar-refractivity contribution in [3.63, 3.8) is 0 Å². The van der Waals surface area contributed by atoms with Crippen LogP contribution in [0.25, 0.3) is 0 Å². The lowest BCUT2D eigenvalue weighted by Crippen LogP contribution is -2.58. The molecule has 0 bridgehead atoms. The van der Waals surface area contributed by atoms with E-state index in [9.17, 15) is 47.0 Å². The molecule has 238 valence electrons. The number of carboxylic acid groups (broad SMARTS) is 1. The lowest BCUT2D eigenvalue weighted by Gasteiger charge is -2.32. The molecule has 0 radical (unpaired) electrons. The monoisotopic (exact) mass is 606 g/mol. The van der Waals surface area contributed by atoms with E-state index in [1.54, 1.807) is 32.8 Å². The summed E-state index contributed by atoms with van der Waals surface area (Å²) >= 11 is 0. The largest absolute Gasteiger partial charge is 0.480 e. The number of likely N-dealkylation sites (N-methyl/N-ethyl adjacent to an activating group) is 1. The Morgan fingerprint density at radius 2 is 1.52 bits per heavy atom. The fourth-order valence-electron chi connectivity index (χ4n) is 5.13. The SMILES string of the molecule is CC(C)[C@H](NC(=O)CN1CC(C(=O)N(C)C)N(CC(=O)O)C1)C(=O)N1CCC[C@H]1C(=O)N[C@H](C(=O)C(F)(F)F)C(C)C. The fraction of sp³-hybridized carbons (Fsp3) is 0.769. The Morgan fingerprint density at radius 3 is 2.02 bits per heavy atom. The van der Waals surface area contributed by atoms with Crippen LogP contribution in [0.2, 0.25) is 0 Å². The highest BCUT2D eigenvalue weighted by Gasteiger charge is 2.47. The first-order valence-corrected chi connectivity index (χ1v) is 13.8. The molecule has 2 aliphatic rings. The van der Waals surface area contributed by atoms with Gasteiger partial charge >= 0.3 is 12.1 Å². The zero-order valence-corrected chi connectivity index (χ0v) is 24.7. The van der Waals surface area contributed by atoms with E-state index in [1.807, 2.05) is 0 Å². The number of alkyl halides is 3. The van der Waals surface area contributed by atoms with E-state index in [1.165, 1.54) is 28.5 Å². The molecule has 0 saturated carbocycles. The highest BCUT2D eigenvalue weighted by atomic mass is 19.4. The minimum absolute atomic E-state index is 0.0340. The van der Waals surface area contributed by atoms with Crippen LogP contribution >= 0.6 is 0 Å². The Hall–Kier alpha value is -3.27. The zero-order chi connectivity index (χ0) is 32.1. The average Bonchev–Trinajstić information content (AvgIpc) is 3.50. The van der Waals surface area contributed by atoms with Crippen molar-refractivity contribution in [3.8, 4) is 0 Å². The van der Waals surface area contributed by atoms with Gasteiger partial charge in [-0.1, -0.05) is 27.7 Å². The van der Waals surface area contributed by atoms with Crippen LogP contribution in [0.1, 0.15) is 40.5 Å². The van der Waals surface area contributed by atoms with Crippen LogP contribution in [0.15, 0.2) is 0 Å². The Kier molecular flexibility index (Phi) is 11.9. The van der Waals surface area contributed by atoms with Crippen molar-refractivity contribution in [2.24, 2.45) is 11.8 Å². The number of carboxylic acids is 1. The van der Waals surface area contributed by atoms with E-state index in [-0.39, 0.29) is 38.6 Å². The molecule has 1 unspecified atom stereocenters. The summed E-state index contributed by atoms with van der Waals surface area (Å²) in [7, 11) is 3.08. The van der Waals surface area contributed by atoms with Gasteiger partial charge in [0.25, 0.3) is 5.78 Å². The molecule has 0 aromatic carbocycles. The summed E-state index contributed by atoms with van der Waals surface area (Å²) < 4.78 is 39.2. The molecule has 3 N–H and O–H groups in total. The summed E-state index contributed by atoms with van der Waals surface area (Å²) in [6, 6.07) is -4.76. The van der Waals surface area contributed by atoms with Crippen LogP contribution in [0.4, 0.5) is 13.2 Å². The van der Waals surface area contributed by atoms with Gasteiger partial charge in [0.2, 0.25) is 23.6 Å². The van der Waals surface area contributed by atoms with Gasteiger partial charge in [0.05, 0.1) is 25.8 Å². The molecule has 2 aliphatic heterocycles. The maximum atomic E-state index is 13.5. The van der Waals surface area contributed by atoms with Gasteiger partial charge in [-0.15, -0.1) is 0 Å². The Balaban J connectivity index is 2.11. The summed E-state index contributed by atoms with van der Waals surface area (Å²) in [6.07, 6.45) is -4.56. The minimum Gasteiger partial charge on any atom is -0.480 e. The second-order valence-corrected chi connectivity index (χ2v) is 11.6. The fourth-order valence-corrected chi connectivity index (χ4v) is 5.13. The van der Waals surface area contributed by atoms with E-state index < -0.39 is 78.2 Å². The number of aliphatic carboxylic acids is 1. The number of rotatable bonds is 12. The molecule has 4 amide bonds. The zero-order valence-electron chi connectivity index (χ0n) is 24.7. The van der Waals surface area contributed by atoms with Crippen molar-refractivity contribution in [1.82, 2.24) is 30.2 Å². The summed E-state index contributed by atoms with van der Waals surface area (Å²) in [5.41, 5.74) is 0. The third-order valence-corrected chi connectivity index (χ3v) is 7.30. The van der Waals surface area contributed by atoms with Gasteiger partial charge in [-0.3, -0.25) is 38.6 Å². The maximum absolute atomic E-state index is 13.5. The number of Topliss-reactive ketones (excluding diaryl/α,β-unsaturated/α-hetero) is 1. The van der Waals surface area contributed by atoms with Crippen molar-refractivity contribution in [3.05, 3.63) is 0 Å². The van der Waals surface area contributed by atoms with Gasteiger partial charge in [-0.25, -0.2) is 0 Å². The molecule has 42 heavy (non-hydrogen) atoms. The molecule has 0 spiro atoms. The van der Waals surface area contributed by atoms with Gasteiger partial charge in [0.1, 0.15) is 18.1 Å². The number of nitrogens with one attached hydrogen (secondary N) is 2. The Labute approximate surface area is 242 Å². The second-order valence-electron chi connectivity index (χ2n) is 11.6. The highest BCUT2D eigenvalue weighted by Crippen LogP contribution is 2.24.